The number of hydrogen-bond acceptors (Lipinski definition) is 2. The number of fused-ring (bicyclic) bond motifs is 1. The molecule has 0 spiro atoms. The van der Waals surface area contributed by atoms with Gasteiger partial charge in [-0.05, 0) is 11.6 Å². The van der Waals surface area contributed by atoms with E-state index in [2.05, 4.69) is 5.32 Å². The highest BCUT2D eigenvalue weighted by atomic mass is 19.4. The zero-order chi connectivity index (χ0) is 11.8. The van der Waals surface area contributed by atoms with Gasteiger partial charge in [0.25, 0.3) is 5.78 Å². The van der Waals surface area contributed by atoms with Crippen molar-refractivity contribution in [2.75, 3.05) is 5.32 Å². The Morgan fingerprint density at radius 1 is 1.31 bits per heavy atom. The average molecular weight is 227 g/mol. The van der Waals surface area contributed by atoms with Crippen LogP contribution in [0.5, 0.6) is 0 Å². The molecule has 2 rings (SSSR count). The lowest BCUT2D eigenvalue weighted by molar-refractivity contribution is -0.165. The van der Waals surface area contributed by atoms with Crippen LogP contribution in [0.25, 0.3) is 0 Å². The van der Waals surface area contributed by atoms with Gasteiger partial charge in [-0.3, -0.25) is 4.79 Å². The molecule has 1 aromatic carbocycles. The summed E-state index contributed by atoms with van der Waals surface area (Å²) < 4.78 is 36.0. The predicted octanol–water partition coefficient (Wildman–Crippen LogP) is 2.67. The van der Waals surface area contributed by atoms with Crippen LogP contribution in [0.4, 0.5) is 18.9 Å². The first-order valence-corrected chi connectivity index (χ1v) is 4.63. The van der Waals surface area contributed by atoms with E-state index in [9.17, 15) is 18.0 Å². The van der Waals surface area contributed by atoms with E-state index in [-0.39, 0.29) is 5.70 Å². The largest absolute Gasteiger partial charge is 0.454 e. The van der Waals surface area contributed by atoms with Crippen LogP contribution in [-0.4, -0.2) is 12.0 Å². The van der Waals surface area contributed by atoms with Crippen molar-refractivity contribution in [1.29, 1.82) is 0 Å². The van der Waals surface area contributed by atoms with Crippen molar-refractivity contribution in [3.05, 3.63) is 41.6 Å². The summed E-state index contributed by atoms with van der Waals surface area (Å²) in [5.41, 5.74) is 1.93. The van der Waals surface area contributed by atoms with E-state index in [1.807, 2.05) is 0 Å². The molecule has 84 valence electrons. The molecule has 0 bridgehead atoms. The Hall–Kier alpha value is -1.78. The van der Waals surface area contributed by atoms with Crippen LogP contribution in [0.2, 0.25) is 0 Å². The number of nitrogens with one attached hydrogen (secondary N) is 1. The van der Waals surface area contributed by atoms with E-state index in [1.165, 1.54) is 0 Å². The van der Waals surface area contributed by atoms with Gasteiger partial charge in [0.1, 0.15) is 0 Å². The average Bonchev–Trinajstić information content (AvgIpc) is 2.58. The van der Waals surface area contributed by atoms with Crippen molar-refractivity contribution in [1.82, 2.24) is 0 Å². The van der Waals surface area contributed by atoms with Gasteiger partial charge in [-0.1, -0.05) is 18.2 Å². The number of allylic oxidation sites excluding steroid dienone is 2. The highest BCUT2D eigenvalue weighted by molar-refractivity contribution is 5.95. The SMILES string of the molecule is O=C(C=C1Cc2ccccc2N1)C(F)(F)F. The molecule has 0 saturated carbocycles. The number of rotatable bonds is 1. The number of carbonyl (C=O) groups is 1. The molecule has 0 fully saturated rings. The van der Waals surface area contributed by atoms with E-state index in [0.29, 0.717) is 12.5 Å². The Morgan fingerprint density at radius 3 is 2.62 bits per heavy atom. The monoisotopic (exact) mass is 227 g/mol. The second-order valence-corrected chi connectivity index (χ2v) is 3.49. The van der Waals surface area contributed by atoms with Crippen LogP contribution in [0.15, 0.2) is 36.0 Å². The molecule has 2 nitrogen and oxygen atoms in total. The Bertz CT molecular complexity index is 436. The van der Waals surface area contributed by atoms with Crippen molar-refractivity contribution in [2.45, 2.75) is 12.6 Å². The van der Waals surface area contributed by atoms with E-state index in [4.69, 9.17) is 0 Å². The summed E-state index contributed by atoms with van der Waals surface area (Å²) in [7, 11) is 0. The van der Waals surface area contributed by atoms with Crippen LogP contribution in [0.1, 0.15) is 5.56 Å². The smallest absolute Gasteiger partial charge is 0.358 e. The first-order chi connectivity index (χ1) is 7.47. The van der Waals surface area contributed by atoms with Gasteiger partial charge in [0.05, 0.1) is 0 Å². The maximum atomic E-state index is 12.0. The summed E-state index contributed by atoms with van der Waals surface area (Å²) in [6.07, 6.45) is -3.86. The van der Waals surface area contributed by atoms with E-state index in [0.717, 1.165) is 11.3 Å². The third-order valence-electron chi connectivity index (χ3n) is 2.28. The van der Waals surface area contributed by atoms with Gasteiger partial charge in [0.2, 0.25) is 0 Å². The van der Waals surface area contributed by atoms with Crippen LogP contribution >= 0.6 is 0 Å². The van der Waals surface area contributed by atoms with Gasteiger partial charge in [0, 0.05) is 23.9 Å². The number of hydrogen-bond donors (Lipinski definition) is 1. The minimum Gasteiger partial charge on any atom is -0.358 e. The van der Waals surface area contributed by atoms with E-state index in [1.54, 1.807) is 24.3 Å². The van der Waals surface area contributed by atoms with Crippen molar-refractivity contribution in [2.24, 2.45) is 0 Å². The highest BCUT2D eigenvalue weighted by Gasteiger charge is 2.37. The Balaban J connectivity index is 2.18. The van der Waals surface area contributed by atoms with Crippen molar-refractivity contribution in [3.8, 4) is 0 Å². The molecule has 0 saturated heterocycles. The Morgan fingerprint density at radius 2 is 2.00 bits per heavy atom. The lowest BCUT2D eigenvalue weighted by Crippen LogP contribution is -2.21. The first kappa shape index (κ1) is 10.7. The molecule has 0 unspecified atom stereocenters. The summed E-state index contributed by atoms with van der Waals surface area (Å²) >= 11 is 0. The fraction of sp³-hybridized carbons (Fsp3) is 0.182. The second-order valence-electron chi connectivity index (χ2n) is 3.49. The fourth-order valence-corrected chi connectivity index (χ4v) is 1.55. The third-order valence-corrected chi connectivity index (χ3v) is 2.28. The Kier molecular flexibility index (Phi) is 2.46. The first-order valence-electron chi connectivity index (χ1n) is 4.63. The molecule has 5 heteroatoms. The van der Waals surface area contributed by atoms with E-state index < -0.39 is 12.0 Å². The predicted molar refractivity (Wildman–Crippen MR) is 52.9 cm³/mol. The lowest BCUT2D eigenvalue weighted by atomic mass is 10.1. The van der Waals surface area contributed by atoms with Gasteiger partial charge < -0.3 is 5.32 Å². The lowest BCUT2D eigenvalue weighted by Gasteiger charge is -2.02. The molecule has 0 atom stereocenters. The molecule has 1 aliphatic heterocycles. The zero-order valence-electron chi connectivity index (χ0n) is 8.14. The summed E-state index contributed by atoms with van der Waals surface area (Å²) in [5.74, 6) is -1.83. The summed E-state index contributed by atoms with van der Waals surface area (Å²) in [6.45, 7) is 0. The molecule has 0 aromatic heterocycles. The van der Waals surface area contributed by atoms with Gasteiger partial charge in [0.15, 0.2) is 0 Å². The maximum Gasteiger partial charge on any atom is 0.454 e. The molecule has 1 heterocycles. The molecule has 1 N–H and O–H groups in total. The molecule has 1 aromatic rings. The third kappa shape index (κ3) is 2.08. The summed E-state index contributed by atoms with van der Waals surface area (Å²) in [6, 6.07) is 7.14. The minimum absolute atomic E-state index is 0.281. The van der Waals surface area contributed by atoms with Crippen LogP contribution in [0, 0.1) is 0 Å². The van der Waals surface area contributed by atoms with Gasteiger partial charge in [-0.15, -0.1) is 0 Å². The number of halogens is 3. The van der Waals surface area contributed by atoms with E-state index >= 15 is 0 Å². The highest BCUT2D eigenvalue weighted by Crippen LogP contribution is 2.28. The number of ketones is 1. The van der Waals surface area contributed by atoms with Crippen molar-refractivity contribution >= 4 is 11.5 Å². The van der Waals surface area contributed by atoms with Gasteiger partial charge in [-0.25, -0.2) is 0 Å². The molecular formula is C11H8F3NO. The second kappa shape index (κ2) is 3.66. The quantitative estimate of drug-likeness (QED) is 0.747. The Labute approximate surface area is 89.8 Å². The topological polar surface area (TPSA) is 29.1 Å². The number of benzene rings is 1. The molecule has 1 aliphatic rings. The molecule has 0 aliphatic carbocycles. The molecular weight excluding hydrogens is 219 g/mol. The number of alkyl halides is 3. The molecule has 0 radical (unpaired) electrons. The standard InChI is InChI=1S/C11H8F3NO/c12-11(13,14)10(16)6-8-5-7-3-1-2-4-9(7)15-8/h1-4,6,15H,5H2. The van der Waals surface area contributed by atoms with Crippen LogP contribution < -0.4 is 5.32 Å². The minimum atomic E-state index is -4.80. The van der Waals surface area contributed by atoms with Crippen molar-refractivity contribution < 1.29 is 18.0 Å². The number of anilines is 1. The summed E-state index contributed by atoms with van der Waals surface area (Å²) in [5, 5.41) is 2.78. The maximum absolute atomic E-state index is 12.0. The van der Waals surface area contributed by atoms with Gasteiger partial charge in [-0.2, -0.15) is 13.2 Å². The fourth-order valence-electron chi connectivity index (χ4n) is 1.55. The van der Waals surface area contributed by atoms with Crippen LogP contribution in [0.3, 0.4) is 0 Å². The van der Waals surface area contributed by atoms with Crippen LogP contribution in [-0.2, 0) is 11.2 Å². The van der Waals surface area contributed by atoms with Crippen molar-refractivity contribution in [3.63, 3.8) is 0 Å². The molecule has 16 heavy (non-hydrogen) atoms. The number of para-hydroxylation sites is 1. The number of carbonyl (C=O) groups excluding carboxylic acids is 1. The normalized spacial score (nSPS) is 17.1. The van der Waals surface area contributed by atoms with Gasteiger partial charge >= 0.3 is 6.18 Å². The molecule has 0 amide bonds. The zero-order valence-corrected chi connectivity index (χ0v) is 8.14. The summed E-state index contributed by atoms with van der Waals surface area (Å²) in [4.78, 5) is 10.7.